The molecule has 2 aromatic rings. The lowest BCUT2D eigenvalue weighted by Gasteiger charge is -2.36. The van der Waals surface area contributed by atoms with Crippen LogP contribution in [-0.4, -0.2) is 14.9 Å². The Morgan fingerprint density at radius 3 is 1.73 bits per heavy atom. The van der Waals surface area contributed by atoms with Crippen LogP contribution in [0, 0.1) is 0 Å². The molecule has 2 aromatic carbocycles. The first kappa shape index (κ1) is 20.7. The maximum atomic E-state index is 6.57. The monoisotopic (exact) mass is 366 g/mol. The summed E-state index contributed by atoms with van der Waals surface area (Å²) in [5.74, 6) is 0. The van der Waals surface area contributed by atoms with Gasteiger partial charge in [0.25, 0.3) is 0 Å². The molecule has 1 nitrogen and oxygen atoms in total. The highest BCUT2D eigenvalue weighted by Crippen LogP contribution is 2.37. The number of hydrogen-bond donors (Lipinski definition) is 0. The second kappa shape index (κ2) is 8.83. The molecule has 0 bridgehead atoms. The molecule has 0 saturated heterocycles. The smallest absolute Gasteiger partial charge is 0.192 e. The molecule has 0 N–H and O–H groups in total. The van der Waals surface area contributed by atoms with E-state index in [1.165, 1.54) is 22.3 Å². The molecule has 0 aromatic heterocycles. The van der Waals surface area contributed by atoms with Crippen LogP contribution in [-0.2, 0) is 17.3 Å². The first-order valence-electron chi connectivity index (χ1n) is 9.58. The maximum Gasteiger partial charge on any atom is 0.192 e. The van der Waals surface area contributed by atoms with Crippen molar-refractivity contribution >= 4 is 8.32 Å². The Morgan fingerprint density at radius 1 is 0.808 bits per heavy atom. The fourth-order valence-corrected chi connectivity index (χ4v) is 3.65. The van der Waals surface area contributed by atoms with E-state index in [0.29, 0.717) is 0 Å². The molecule has 0 aliphatic heterocycles. The summed E-state index contributed by atoms with van der Waals surface area (Å²) in [5, 5.41) is 0.234. The Kier molecular flexibility index (Phi) is 7.02. The van der Waals surface area contributed by atoms with Gasteiger partial charge in [-0.3, -0.25) is 0 Å². The Balaban J connectivity index is 2.22. The quantitative estimate of drug-likeness (QED) is 0.386. The summed E-state index contributed by atoms with van der Waals surface area (Å²) in [5.41, 5.74) is 5.57. The Bertz CT molecular complexity index is 709. The third kappa shape index (κ3) is 5.96. The van der Waals surface area contributed by atoms with Gasteiger partial charge in [0.15, 0.2) is 8.32 Å². The van der Waals surface area contributed by atoms with E-state index in [1.54, 1.807) is 0 Å². The number of benzene rings is 2. The first-order valence-corrected chi connectivity index (χ1v) is 12.5. The van der Waals surface area contributed by atoms with E-state index in [9.17, 15) is 0 Å². The lowest BCUT2D eigenvalue weighted by atomic mass is 9.97. The molecule has 0 amide bonds. The topological polar surface area (TPSA) is 9.23 Å². The van der Waals surface area contributed by atoms with Gasteiger partial charge >= 0.3 is 0 Å². The summed E-state index contributed by atoms with van der Waals surface area (Å²) in [6, 6.07) is 21.5. The minimum atomic E-state index is -1.76. The van der Waals surface area contributed by atoms with E-state index in [-0.39, 0.29) is 5.04 Å². The fraction of sp³-hybridized carbons (Fsp3) is 0.417. The van der Waals surface area contributed by atoms with Crippen molar-refractivity contribution in [3.8, 4) is 0 Å². The summed E-state index contributed by atoms with van der Waals surface area (Å²) in [7, 11) is -1.76. The molecule has 0 atom stereocenters. The molecule has 0 heterocycles. The summed E-state index contributed by atoms with van der Waals surface area (Å²) >= 11 is 0. The second-order valence-corrected chi connectivity index (χ2v) is 13.6. The Hall–Kier alpha value is -1.64. The average molecular weight is 367 g/mol. The molecular formula is C24H34OSi. The molecule has 26 heavy (non-hydrogen) atoms. The van der Waals surface area contributed by atoms with Crippen LogP contribution in [0.1, 0.15) is 38.8 Å². The van der Waals surface area contributed by atoms with Crippen molar-refractivity contribution in [1.82, 2.24) is 0 Å². The van der Waals surface area contributed by atoms with Crippen molar-refractivity contribution in [1.29, 1.82) is 0 Å². The highest BCUT2D eigenvalue weighted by atomic mass is 28.4. The van der Waals surface area contributed by atoms with Gasteiger partial charge in [-0.05, 0) is 54.6 Å². The SMILES string of the molecule is C/C(Cc1ccccc1)=C(\CO[Si](C)(C)C(C)(C)C)Cc1ccccc1. The molecule has 0 radical (unpaired) electrons. The van der Waals surface area contributed by atoms with Gasteiger partial charge in [-0.2, -0.15) is 0 Å². The molecule has 2 heteroatoms. The fourth-order valence-electron chi connectivity index (χ4n) is 2.68. The van der Waals surface area contributed by atoms with Crippen LogP contribution in [0.25, 0.3) is 0 Å². The third-order valence-corrected chi connectivity index (χ3v) is 10.1. The zero-order chi connectivity index (χ0) is 19.2. The van der Waals surface area contributed by atoms with Crippen molar-refractivity contribution in [3.05, 3.63) is 82.9 Å². The summed E-state index contributed by atoms with van der Waals surface area (Å²) in [6.07, 6.45) is 1.96. The highest BCUT2D eigenvalue weighted by Gasteiger charge is 2.37. The number of hydrogen-bond acceptors (Lipinski definition) is 1. The lowest BCUT2D eigenvalue weighted by molar-refractivity contribution is 0.315. The zero-order valence-electron chi connectivity index (χ0n) is 17.3. The van der Waals surface area contributed by atoms with Gasteiger partial charge in [-0.1, -0.05) is 87.0 Å². The minimum Gasteiger partial charge on any atom is -0.413 e. The van der Waals surface area contributed by atoms with E-state index < -0.39 is 8.32 Å². The molecule has 140 valence electrons. The summed E-state index contributed by atoms with van der Waals surface area (Å²) < 4.78 is 6.57. The molecule has 0 aliphatic carbocycles. The highest BCUT2D eigenvalue weighted by molar-refractivity contribution is 6.74. The van der Waals surface area contributed by atoms with Crippen molar-refractivity contribution in [2.75, 3.05) is 6.61 Å². The van der Waals surface area contributed by atoms with Crippen LogP contribution < -0.4 is 0 Å². The minimum absolute atomic E-state index is 0.234. The molecule has 0 aliphatic rings. The van der Waals surface area contributed by atoms with E-state index in [2.05, 4.69) is 101 Å². The second-order valence-electron chi connectivity index (χ2n) is 8.76. The van der Waals surface area contributed by atoms with Crippen LogP contribution in [0.5, 0.6) is 0 Å². The normalized spacial score (nSPS) is 13.5. The maximum absolute atomic E-state index is 6.57. The Labute approximate surface area is 161 Å². The molecule has 0 saturated carbocycles. The predicted octanol–water partition coefficient (Wildman–Crippen LogP) is 6.81. The van der Waals surface area contributed by atoms with Gasteiger partial charge in [0.05, 0.1) is 6.61 Å². The van der Waals surface area contributed by atoms with Gasteiger partial charge in [-0.15, -0.1) is 0 Å². The predicted molar refractivity (Wildman–Crippen MR) is 116 cm³/mol. The van der Waals surface area contributed by atoms with Crippen LogP contribution in [0.15, 0.2) is 71.8 Å². The average Bonchev–Trinajstić information content (AvgIpc) is 2.59. The van der Waals surface area contributed by atoms with Crippen molar-refractivity contribution in [2.45, 2.75) is 58.7 Å². The van der Waals surface area contributed by atoms with Crippen molar-refractivity contribution < 1.29 is 4.43 Å². The van der Waals surface area contributed by atoms with E-state index in [1.807, 2.05) is 0 Å². The molecular weight excluding hydrogens is 332 g/mol. The lowest BCUT2D eigenvalue weighted by Crippen LogP contribution is -2.41. The number of allylic oxidation sites excluding steroid dienone is 1. The number of rotatable bonds is 7. The standard InChI is InChI=1S/C24H34OSi/c1-20(17-21-13-9-7-10-14-21)23(18-22-15-11-8-12-16-22)19-25-26(5,6)24(2,3)4/h7-16H,17-19H2,1-6H3/b23-20+. The van der Waals surface area contributed by atoms with Gasteiger partial charge < -0.3 is 4.43 Å². The van der Waals surface area contributed by atoms with Gasteiger partial charge in [0.2, 0.25) is 0 Å². The van der Waals surface area contributed by atoms with Gasteiger partial charge in [-0.25, -0.2) is 0 Å². The molecule has 0 unspecified atom stereocenters. The first-order chi connectivity index (χ1) is 12.2. The van der Waals surface area contributed by atoms with Crippen LogP contribution in [0.4, 0.5) is 0 Å². The molecule has 0 spiro atoms. The van der Waals surface area contributed by atoms with E-state index in [4.69, 9.17) is 4.43 Å². The van der Waals surface area contributed by atoms with E-state index in [0.717, 1.165) is 19.4 Å². The largest absolute Gasteiger partial charge is 0.413 e. The third-order valence-electron chi connectivity index (χ3n) is 5.59. The van der Waals surface area contributed by atoms with E-state index >= 15 is 0 Å². The van der Waals surface area contributed by atoms with Gasteiger partial charge in [0.1, 0.15) is 0 Å². The molecule has 0 fully saturated rings. The van der Waals surface area contributed by atoms with Crippen molar-refractivity contribution in [2.24, 2.45) is 0 Å². The molecule has 2 rings (SSSR count). The Morgan fingerprint density at radius 2 is 1.27 bits per heavy atom. The summed E-state index contributed by atoms with van der Waals surface area (Å²) in [6.45, 7) is 14.6. The van der Waals surface area contributed by atoms with Crippen LogP contribution in [0.2, 0.25) is 18.1 Å². The zero-order valence-corrected chi connectivity index (χ0v) is 18.3. The van der Waals surface area contributed by atoms with Gasteiger partial charge in [0, 0.05) is 0 Å². The van der Waals surface area contributed by atoms with Crippen molar-refractivity contribution in [3.63, 3.8) is 0 Å². The van der Waals surface area contributed by atoms with Crippen LogP contribution >= 0.6 is 0 Å². The van der Waals surface area contributed by atoms with Crippen LogP contribution in [0.3, 0.4) is 0 Å². The summed E-state index contributed by atoms with van der Waals surface area (Å²) in [4.78, 5) is 0.